The second-order valence-corrected chi connectivity index (χ2v) is 6.29. The van der Waals surface area contributed by atoms with Crippen LogP contribution in [0.15, 0.2) is 36.5 Å². The lowest BCUT2D eigenvalue weighted by Gasteiger charge is -2.15. The van der Waals surface area contributed by atoms with Crippen LogP contribution in [0.3, 0.4) is 0 Å². The lowest BCUT2D eigenvalue weighted by atomic mass is 10.1. The molecule has 3 aromatic rings. The normalized spacial score (nSPS) is 10.4. The molecule has 3 rings (SSSR count). The fraction of sp³-hybridized carbons (Fsp3) is 0.286. The fourth-order valence-electron chi connectivity index (χ4n) is 3.03. The van der Waals surface area contributed by atoms with Gasteiger partial charge in [-0.2, -0.15) is 10.1 Å². The van der Waals surface area contributed by atoms with Crippen LogP contribution < -0.4 is 24.8 Å². The number of hydrogen-bond acceptors (Lipinski definition) is 8. The summed E-state index contributed by atoms with van der Waals surface area (Å²) in [5.41, 5.74) is 4.03. The van der Waals surface area contributed by atoms with Crippen molar-refractivity contribution in [2.24, 2.45) is 0 Å². The van der Waals surface area contributed by atoms with Gasteiger partial charge in [0.1, 0.15) is 0 Å². The molecule has 0 aliphatic rings. The number of anilines is 4. The van der Waals surface area contributed by atoms with Gasteiger partial charge in [-0.3, -0.25) is 0 Å². The molecule has 0 spiro atoms. The number of methoxy groups -OCH3 is 3. The van der Waals surface area contributed by atoms with Gasteiger partial charge in [0.05, 0.1) is 27.5 Å². The lowest BCUT2D eigenvalue weighted by Crippen LogP contribution is -2.05. The topological polar surface area (TPSA) is 90.4 Å². The van der Waals surface area contributed by atoms with Gasteiger partial charge in [-0.25, -0.2) is 0 Å². The minimum atomic E-state index is 0.409. The Bertz CT molecular complexity index is 969. The highest BCUT2D eigenvalue weighted by Gasteiger charge is 2.14. The summed E-state index contributed by atoms with van der Waals surface area (Å²) in [6.07, 6.45) is 2.45. The van der Waals surface area contributed by atoms with Crippen LogP contribution in [0.2, 0.25) is 0 Å². The highest BCUT2D eigenvalue weighted by molar-refractivity contribution is 5.68. The van der Waals surface area contributed by atoms with Gasteiger partial charge in [0.2, 0.25) is 11.7 Å². The highest BCUT2D eigenvalue weighted by Crippen LogP contribution is 2.40. The molecular weight excluding hydrogens is 370 g/mol. The number of nitrogens with zero attached hydrogens (tertiary/aromatic N) is 3. The Morgan fingerprint density at radius 2 is 1.69 bits per heavy atom. The molecule has 0 amide bonds. The number of hydrogen-bond donors (Lipinski definition) is 2. The molecular formula is C21H25N5O3. The minimum absolute atomic E-state index is 0.409. The van der Waals surface area contributed by atoms with Crippen molar-refractivity contribution in [1.29, 1.82) is 0 Å². The van der Waals surface area contributed by atoms with E-state index in [0.717, 1.165) is 23.4 Å². The molecule has 0 saturated heterocycles. The van der Waals surface area contributed by atoms with Crippen LogP contribution in [0.4, 0.5) is 23.1 Å². The molecule has 0 bridgehead atoms. The van der Waals surface area contributed by atoms with E-state index in [1.54, 1.807) is 39.7 Å². The summed E-state index contributed by atoms with van der Waals surface area (Å²) < 4.78 is 16.1. The van der Waals surface area contributed by atoms with Gasteiger partial charge in [-0.15, -0.1) is 5.10 Å². The molecule has 0 aliphatic heterocycles. The van der Waals surface area contributed by atoms with Gasteiger partial charge in [0.15, 0.2) is 17.3 Å². The van der Waals surface area contributed by atoms with Crippen LogP contribution in [0.5, 0.6) is 17.2 Å². The Morgan fingerprint density at radius 1 is 0.966 bits per heavy atom. The summed E-state index contributed by atoms with van der Waals surface area (Å²) in [6, 6.07) is 9.77. The number of aryl methyl sites for hydroxylation is 2. The van der Waals surface area contributed by atoms with Crippen molar-refractivity contribution in [3.8, 4) is 17.2 Å². The fourth-order valence-corrected chi connectivity index (χ4v) is 3.03. The molecule has 0 radical (unpaired) electrons. The smallest absolute Gasteiger partial charge is 0.249 e. The van der Waals surface area contributed by atoms with E-state index in [0.29, 0.717) is 29.0 Å². The number of benzene rings is 2. The number of aromatic nitrogens is 3. The molecule has 8 nitrogen and oxygen atoms in total. The third-order valence-electron chi connectivity index (χ3n) is 4.47. The molecule has 0 unspecified atom stereocenters. The molecule has 0 atom stereocenters. The van der Waals surface area contributed by atoms with E-state index < -0.39 is 0 Å². The zero-order chi connectivity index (χ0) is 20.8. The second-order valence-electron chi connectivity index (χ2n) is 6.29. The van der Waals surface area contributed by atoms with Crippen molar-refractivity contribution in [2.75, 3.05) is 32.0 Å². The molecule has 8 heteroatoms. The van der Waals surface area contributed by atoms with Gasteiger partial charge < -0.3 is 24.8 Å². The van der Waals surface area contributed by atoms with Crippen molar-refractivity contribution in [1.82, 2.24) is 15.2 Å². The predicted octanol–water partition coefficient (Wildman–Crippen LogP) is 4.26. The number of rotatable bonds is 8. The summed E-state index contributed by atoms with van der Waals surface area (Å²) in [4.78, 5) is 4.52. The Hall–Kier alpha value is -3.55. The zero-order valence-electron chi connectivity index (χ0n) is 17.2. The first-order valence-corrected chi connectivity index (χ1v) is 9.21. The summed E-state index contributed by atoms with van der Waals surface area (Å²) in [7, 11) is 4.71. The van der Waals surface area contributed by atoms with E-state index in [1.165, 1.54) is 5.56 Å². The Kier molecular flexibility index (Phi) is 6.33. The Balaban J connectivity index is 1.88. The largest absolute Gasteiger partial charge is 0.493 e. The second kappa shape index (κ2) is 9.09. The molecule has 1 aromatic heterocycles. The molecule has 0 saturated carbocycles. The van der Waals surface area contributed by atoms with Crippen molar-refractivity contribution in [2.45, 2.75) is 20.3 Å². The molecule has 1 heterocycles. The van der Waals surface area contributed by atoms with Gasteiger partial charge in [-0.1, -0.05) is 25.1 Å². The Morgan fingerprint density at radius 3 is 2.31 bits per heavy atom. The quantitative estimate of drug-likeness (QED) is 0.585. The maximum Gasteiger partial charge on any atom is 0.249 e. The average Bonchev–Trinajstić information content (AvgIpc) is 2.74. The summed E-state index contributed by atoms with van der Waals surface area (Å²) >= 11 is 0. The van der Waals surface area contributed by atoms with Crippen molar-refractivity contribution in [3.63, 3.8) is 0 Å². The maximum atomic E-state index is 5.39. The summed E-state index contributed by atoms with van der Waals surface area (Å²) in [5, 5.41) is 14.7. The molecule has 29 heavy (non-hydrogen) atoms. The number of ether oxygens (including phenoxy) is 3. The van der Waals surface area contributed by atoms with Gasteiger partial charge in [-0.05, 0) is 24.5 Å². The highest BCUT2D eigenvalue weighted by atomic mass is 16.5. The van der Waals surface area contributed by atoms with Crippen LogP contribution in [-0.2, 0) is 6.42 Å². The summed E-state index contributed by atoms with van der Waals surface area (Å²) in [5.74, 6) is 2.55. The standard InChI is InChI=1S/C21H25N5O3/c1-6-14-9-7-8-13(2)19(14)25-21-24-18(12-22-26-21)23-15-10-16(27-3)20(29-5)17(11-15)28-4/h7-12H,6H2,1-5H3,(H2,23,24,25,26). The maximum absolute atomic E-state index is 5.39. The van der Waals surface area contributed by atoms with Crippen LogP contribution >= 0.6 is 0 Å². The molecule has 2 N–H and O–H groups in total. The lowest BCUT2D eigenvalue weighted by molar-refractivity contribution is 0.324. The minimum Gasteiger partial charge on any atom is -0.493 e. The van der Waals surface area contributed by atoms with E-state index in [-0.39, 0.29) is 0 Å². The monoisotopic (exact) mass is 395 g/mol. The number of para-hydroxylation sites is 1. The third kappa shape index (κ3) is 4.48. The van der Waals surface area contributed by atoms with Gasteiger partial charge >= 0.3 is 0 Å². The van der Waals surface area contributed by atoms with Crippen LogP contribution in [0.25, 0.3) is 0 Å². The van der Waals surface area contributed by atoms with E-state index in [2.05, 4.69) is 38.8 Å². The van der Waals surface area contributed by atoms with Crippen molar-refractivity contribution < 1.29 is 14.2 Å². The van der Waals surface area contributed by atoms with Gasteiger partial charge in [0, 0.05) is 23.5 Å². The first-order chi connectivity index (χ1) is 14.1. The Labute approximate surface area is 170 Å². The molecule has 0 fully saturated rings. The van der Waals surface area contributed by atoms with E-state index in [1.807, 2.05) is 19.1 Å². The number of nitrogens with one attached hydrogen (secondary N) is 2. The first-order valence-electron chi connectivity index (χ1n) is 9.21. The zero-order valence-corrected chi connectivity index (χ0v) is 17.2. The first kappa shape index (κ1) is 20.2. The average molecular weight is 395 g/mol. The van der Waals surface area contributed by atoms with E-state index in [4.69, 9.17) is 14.2 Å². The van der Waals surface area contributed by atoms with Crippen LogP contribution in [-0.4, -0.2) is 36.5 Å². The van der Waals surface area contributed by atoms with E-state index in [9.17, 15) is 0 Å². The summed E-state index contributed by atoms with van der Waals surface area (Å²) in [6.45, 7) is 4.16. The van der Waals surface area contributed by atoms with Crippen molar-refractivity contribution >= 4 is 23.1 Å². The predicted molar refractivity (Wildman–Crippen MR) is 113 cm³/mol. The molecule has 152 valence electrons. The van der Waals surface area contributed by atoms with Crippen LogP contribution in [0.1, 0.15) is 18.1 Å². The van der Waals surface area contributed by atoms with Crippen molar-refractivity contribution in [3.05, 3.63) is 47.7 Å². The van der Waals surface area contributed by atoms with E-state index >= 15 is 0 Å². The third-order valence-corrected chi connectivity index (χ3v) is 4.47. The van der Waals surface area contributed by atoms with Crippen LogP contribution in [0, 0.1) is 6.92 Å². The SMILES string of the molecule is CCc1cccc(C)c1Nc1nncc(Nc2cc(OC)c(OC)c(OC)c2)n1. The molecule has 2 aromatic carbocycles. The molecule has 0 aliphatic carbocycles. The van der Waals surface area contributed by atoms with Gasteiger partial charge in [0.25, 0.3) is 0 Å².